The van der Waals surface area contributed by atoms with E-state index < -0.39 is 10.0 Å². The number of nitrogens with zero attached hydrogens (tertiary/aromatic N) is 1. The number of nitrogens with one attached hydrogen (secondary N) is 2. The fourth-order valence-electron chi connectivity index (χ4n) is 1.60. The number of pyridine rings is 1. The molecule has 0 aliphatic rings. The Bertz CT molecular complexity index is 491. The Hall–Kier alpha value is -1.18. The molecule has 1 atom stereocenters. The van der Waals surface area contributed by atoms with Gasteiger partial charge in [-0.25, -0.2) is 18.1 Å². The summed E-state index contributed by atoms with van der Waals surface area (Å²) in [5.41, 5.74) is 0. The molecule has 0 radical (unpaired) electrons. The van der Waals surface area contributed by atoms with Crippen molar-refractivity contribution in [1.29, 1.82) is 0 Å². The molecule has 2 N–H and O–H groups in total. The predicted octanol–water partition coefficient (Wildman–Crippen LogP) is 1.22. The number of methoxy groups -OCH3 is 1. The van der Waals surface area contributed by atoms with E-state index in [1.54, 1.807) is 19.2 Å². The summed E-state index contributed by atoms with van der Waals surface area (Å²) in [5, 5.41) is 3.01. The summed E-state index contributed by atoms with van der Waals surface area (Å²) < 4.78 is 32.0. The van der Waals surface area contributed by atoms with Gasteiger partial charge in [0.05, 0.1) is 6.61 Å². The number of rotatable bonds is 8. The molecule has 0 aromatic carbocycles. The molecule has 0 spiro atoms. The summed E-state index contributed by atoms with van der Waals surface area (Å²) in [6.45, 7) is 4.74. The van der Waals surface area contributed by atoms with Crippen molar-refractivity contribution in [3.8, 4) is 0 Å². The van der Waals surface area contributed by atoms with Gasteiger partial charge in [-0.2, -0.15) is 0 Å². The first kappa shape index (κ1) is 15.9. The average Bonchev–Trinajstić information content (AvgIpc) is 2.36. The van der Waals surface area contributed by atoms with E-state index in [4.69, 9.17) is 4.74 Å². The molecule has 0 aliphatic carbocycles. The highest BCUT2D eigenvalue weighted by Gasteiger charge is 2.21. The minimum atomic E-state index is -3.60. The molecule has 1 unspecified atom stereocenters. The third kappa shape index (κ3) is 4.77. The molecule has 0 bridgehead atoms. The Morgan fingerprint density at radius 2 is 2.21 bits per heavy atom. The van der Waals surface area contributed by atoms with Crippen LogP contribution in [0.5, 0.6) is 0 Å². The molecule has 19 heavy (non-hydrogen) atoms. The lowest BCUT2D eigenvalue weighted by atomic mass is 10.4. The second-order valence-electron chi connectivity index (χ2n) is 4.25. The van der Waals surface area contributed by atoms with Crippen molar-refractivity contribution in [1.82, 2.24) is 9.71 Å². The number of aromatic nitrogens is 1. The molecule has 1 heterocycles. The molecule has 0 fully saturated rings. The molecule has 108 valence electrons. The van der Waals surface area contributed by atoms with E-state index in [-0.39, 0.29) is 10.9 Å². The molecule has 1 rings (SSSR count). The summed E-state index contributed by atoms with van der Waals surface area (Å²) >= 11 is 0. The number of hydrogen-bond acceptors (Lipinski definition) is 5. The van der Waals surface area contributed by atoms with Gasteiger partial charge in [0.2, 0.25) is 10.0 Å². The molecule has 1 aromatic rings. The SMILES string of the molecule is CCCNc1ncccc1S(=O)(=O)NC(C)COC. The largest absolute Gasteiger partial charge is 0.383 e. The van der Waals surface area contributed by atoms with Gasteiger partial charge in [0.25, 0.3) is 0 Å². The van der Waals surface area contributed by atoms with Crippen LogP contribution in [0.4, 0.5) is 5.82 Å². The summed E-state index contributed by atoms with van der Waals surface area (Å²) in [5.74, 6) is 0.376. The highest BCUT2D eigenvalue weighted by molar-refractivity contribution is 7.89. The summed E-state index contributed by atoms with van der Waals surface area (Å²) in [7, 11) is -2.07. The lowest BCUT2D eigenvalue weighted by Gasteiger charge is -2.15. The second kappa shape index (κ2) is 7.42. The van der Waals surface area contributed by atoms with Crippen LogP contribution in [0.25, 0.3) is 0 Å². The molecule has 7 heteroatoms. The lowest BCUT2D eigenvalue weighted by molar-refractivity contribution is 0.180. The van der Waals surface area contributed by atoms with Crippen LogP contribution in [0.15, 0.2) is 23.2 Å². The quantitative estimate of drug-likeness (QED) is 0.751. The maximum Gasteiger partial charge on any atom is 0.244 e. The maximum atomic E-state index is 12.3. The zero-order valence-corrected chi connectivity index (χ0v) is 12.3. The molecule has 0 amide bonds. The second-order valence-corrected chi connectivity index (χ2v) is 5.94. The fraction of sp³-hybridized carbons (Fsp3) is 0.583. The molecule has 1 aromatic heterocycles. The molecular weight excluding hydrogens is 266 g/mol. The van der Waals surface area contributed by atoms with Gasteiger partial charge in [0, 0.05) is 25.9 Å². The van der Waals surface area contributed by atoms with Crippen LogP contribution in [0.3, 0.4) is 0 Å². The summed E-state index contributed by atoms with van der Waals surface area (Å²) in [4.78, 5) is 4.23. The summed E-state index contributed by atoms with van der Waals surface area (Å²) in [6.07, 6.45) is 2.46. The smallest absolute Gasteiger partial charge is 0.244 e. The van der Waals surface area contributed by atoms with Crippen molar-refractivity contribution >= 4 is 15.8 Å². The van der Waals surface area contributed by atoms with Gasteiger partial charge in [0.15, 0.2) is 0 Å². The van der Waals surface area contributed by atoms with Crippen LogP contribution in [-0.2, 0) is 14.8 Å². The Labute approximate surface area is 114 Å². The monoisotopic (exact) mass is 287 g/mol. The van der Waals surface area contributed by atoms with E-state index in [0.717, 1.165) is 6.42 Å². The third-order valence-corrected chi connectivity index (χ3v) is 4.00. The van der Waals surface area contributed by atoms with E-state index in [9.17, 15) is 8.42 Å². The molecule has 0 saturated carbocycles. The highest BCUT2D eigenvalue weighted by atomic mass is 32.2. The van der Waals surface area contributed by atoms with Crippen molar-refractivity contribution in [2.24, 2.45) is 0 Å². The van der Waals surface area contributed by atoms with Crippen molar-refractivity contribution in [2.45, 2.75) is 31.2 Å². The number of anilines is 1. The van der Waals surface area contributed by atoms with E-state index in [1.165, 1.54) is 13.2 Å². The van der Waals surface area contributed by atoms with Gasteiger partial charge in [-0.1, -0.05) is 6.92 Å². The Morgan fingerprint density at radius 3 is 2.84 bits per heavy atom. The van der Waals surface area contributed by atoms with Crippen molar-refractivity contribution in [3.63, 3.8) is 0 Å². The van der Waals surface area contributed by atoms with E-state index >= 15 is 0 Å². The van der Waals surface area contributed by atoms with E-state index in [0.29, 0.717) is 19.0 Å². The minimum Gasteiger partial charge on any atom is -0.383 e. The van der Waals surface area contributed by atoms with Crippen molar-refractivity contribution < 1.29 is 13.2 Å². The fourth-order valence-corrected chi connectivity index (χ4v) is 2.96. The van der Waals surface area contributed by atoms with Crippen LogP contribution in [0.1, 0.15) is 20.3 Å². The average molecular weight is 287 g/mol. The maximum absolute atomic E-state index is 12.3. The minimum absolute atomic E-state index is 0.159. The topological polar surface area (TPSA) is 80.3 Å². The molecular formula is C12H21N3O3S. The van der Waals surface area contributed by atoms with Gasteiger partial charge >= 0.3 is 0 Å². The van der Waals surface area contributed by atoms with E-state index in [1.807, 2.05) is 6.92 Å². The summed E-state index contributed by atoms with van der Waals surface area (Å²) in [6, 6.07) is 2.84. The van der Waals surface area contributed by atoms with Gasteiger partial charge in [-0.3, -0.25) is 0 Å². The Kier molecular flexibility index (Phi) is 6.20. The zero-order valence-electron chi connectivity index (χ0n) is 11.5. The highest BCUT2D eigenvalue weighted by Crippen LogP contribution is 2.18. The zero-order chi connectivity index (χ0) is 14.3. The normalized spacial score (nSPS) is 13.2. The molecule has 0 saturated heterocycles. The first-order valence-electron chi connectivity index (χ1n) is 6.21. The van der Waals surface area contributed by atoms with Gasteiger partial charge < -0.3 is 10.1 Å². The molecule has 6 nitrogen and oxygen atoms in total. The first-order valence-corrected chi connectivity index (χ1v) is 7.69. The van der Waals surface area contributed by atoms with Crippen LogP contribution < -0.4 is 10.0 Å². The standard InChI is InChI=1S/C12H21N3O3S/c1-4-7-13-12-11(6-5-8-14-12)19(16,17)15-10(2)9-18-3/h5-6,8,10,15H,4,7,9H2,1-3H3,(H,13,14). The number of ether oxygens (including phenoxy) is 1. The van der Waals surface area contributed by atoms with Gasteiger partial charge in [0.1, 0.15) is 10.7 Å². The van der Waals surface area contributed by atoms with Crippen LogP contribution in [-0.4, -0.2) is 39.7 Å². The lowest BCUT2D eigenvalue weighted by Crippen LogP contribution is -2.36. The van der Waals surface area contributed by atoms with Crippen LogP contribution >= 0.6 is 0 Å². The first-order chi connectivity index (χ1) is 9.01. The molecule has 0 aliphatic heterocycles. The van der Waals surface area contributed by atoms with Crippen molar-refractivity contribution in [3.05, 3.63) is 18.3 Å². The number of sulfonamides is 1. The van der Waals surface area contributed by atoms with Crippen LogP contribution in [0, 0.1) is 0 Å². The Balaban J connectivity index is 2.94. The van der Waals surface area contributed by atoms with Crippen molar-refractivity contribution in [2.75, 3.05) is 25.6 Å². The van der Waals surface area contributed by atoms with Gasteiger partial charge in [-0.15, -0.1) is 0 Å². The predicted molar refractivity (Wildman–Crippen MR) is 74.7 cm³/mol. The Morgan fingerprint density at radius 1 is 1.47 bits per heavy atom. The van der Waals surface area contributed by atoms with Gasteiger partial charge in [-0.05, 0) is 25.5 Å². The number of hydrogen-bond donors (Lipinski definition) is 2. The van der Waals surface area contributed by atoms with Crippen LogP contribution in [0.2, 0.25) is 0 Å². The third-order valence-electron chi connectivity index (χ3n) is 2.38. The van der Waals surface area contributed by atoms with E-state index in [2.05, 4.69) is 15.0 Å².